The maximum Gasteiger partial charge on any atom is 0.305 e. The molecule has 0 heterocycles. The van der Waals surface area contributed by atoms with E-state index in [-0.39, 0.29) is 18.5 Å². The van der Waals surface area contributed by atoms with Gasteiger partial charge in [0.15, 0.2) is 0 Å². The van der Waals surface area contributed by atoms with Gasteiger partial charge in [0.05, 0.1) is 25.4 Å². The molecule has 0 aromatic rings. The Morgan fingerprint density at radius 1 is 0.409 bits per heavy atom. The fourth-order valence-electron chi connectivity index (χ4n) is 9.16. The van der Waals surface area contributed by atoms with Gasteiger partial charge in [-0.1, -0.05) is 276 Å². The molecule has 0 spiro atoms. The summed E-state index contributed by atoms with van der Waals surface area (Å²) in [6, 6.07) is -0.626. The summed E-state index contributed by atoms with van der Waals surface area (Å²) in [7, 11) is 0. The fourth-order valence-corrected chi connectivity index (χ4v) is 9.16. The number of rotatable bonds is 55. The summed E-state index contributed by atoms with van der Waals surface area (Å²) in [6.45, 7) is 4.88. The number of hydrogen-bond acceptors (Lipinski definition) is 5. The summed E-state index contributed by atoms with van der Waals surface area (Å²) in [5, 5.41) is 23.1. The van der Waals surface area contributed by atoms with E-state index in [1.54, 1.807) is 6.08 Å². The molecular formula is C60H115NO5. The van der Waals surface area contributed by atoms with Crippen molar-refractivity contribution in [3.05, 3.63) is 24.3 Å². The molecule has 6 heteroatoms. The van der Waals surface area contributed by atoms with E-state index in [2.05, 4.69) is 31.3 Å². The number of aliphatic hydroxyl groups excluding tert-OH is 2. The van der Waals surface area contributed by atoms with E-state index in [1.807, 2.05) is 6.08 Å². The summed E-state index contributed by atoms with van der Waals surface area (Å²) in [5.41, 5.74) is 0. The topological polar surface area (TPSA) is 95.9 Å². The zero-order valence-corrected chi connectivity index (χ0v) is 44.4. The van der Waals surface area contributed by atoms with Crippen LogP contribution < -0.4 is 5.32 Å². The molecule has 0 saturated carbocycles. The molecule has 390 valence electrons. The Hall–Kier alpha value is -1.66. The number of ether oxygens (including phenoxy) is 1. The van der Waals surface area contributed by atoms with Crippen LogP contribution in [0.3, 0.4) is 0 Å². The van der Waals surface area contributed by atoms with Gasteiger partial charge in [-0.2, -0.15) is 0 Å². The first-order valence-electron chi connectivity index (χ1n) is 29.6. The van der Waals surface area contributed by atoms with E-state index in [0.717, 1.165) is 44.9 Å². The maximum absolute atomic E-state index is 12.4. The molecule has 0 aliphatic rings. The van der Waals surface area contributed by atoms with Crippen molar-refractivity contribution in [3.63, 3.8) is 0 Å². The number of allylic oxidation sites excluding steroid dienone is 3. The number of nitrogens with one attached hydrogen (secondary N) is 1. The zero-order valence-electron chi connectivity index (χ0n) is 44.4. The Kier molecular flexibility index (Phi) is 54.5. The SMILES string of the molecule is CCCCC/C=C\CCCCCCCC(=O)OCCCCCCCCCCCCCCCCCCCCCCCCCCC(=O)NC(CO)C(O)/C=C/CCCCCCCCCCCCC. The third kappa shape index (κ3) is 51.7. The highest BCUT2D eigenvalue weighted by molar-refractivity contribution is 5.76. The Labute approximate surface area is 411 Å². The second-order valence-corrected chi connectivity index (χ2v) is 20.3. The van der Waals surface area contributed by atoms with Crippen LogP contribution in [-0.2, 0) is 14.3 Å². The smallest absolute Gasteiger partial charge is 0.305 e. The van der Waals surface area contributed by atoms with Crippen LogP contribution in [0.4, 0.5) is 0 Å². The van der Waals surface area contributed by atoms with E-state index in [0.29, 0.717) is 19.4 Å². The quantitative estimate of drug-likeness (QED) is 0.0321. The number of hydrogen-bond donors (Lipinski definition) is 3. The van der Waals surface area contributed by atoms with Crippen LogP contribution in [0.5, 0.6) is 0 Å². The van der Waals surface area contributed by atoms with Gasteiger partial charge in [-0.3, -0.25) is 9.59 Å². The highest BCUT2D eigenvalue weighted by atomic mass is 16.5. The Bertz CT molecular complexity index is 1030. The summed E-state index contributed by atoms with van der Waals surface area (Å²) in [5.74, 6) is -0.0615. The van der Waals surface area contributed by atoms with E-state index < -0.39 is 12.1 Å². The van der Waals surface area contributed by atoms with Crippen molar-refractivity contribution in [2.75, 3.05) is 13.2 Å². The van der Waals surface area contributed by atoms with Gasteiger partial charge in [0, 0.05) is 12.8 Å². The van der Waals surface area contributed by atoms with Gasteiger partial charge in [-0.25, -0.2) is 0 Å². The van der Waals surface area contributed by atoms with E-state index in [9.17, 15) is 19.8 Å². The number of carbonyl (C=O) groups excluding carboxylic acids is 2. The van der Waals surface area contributed by atoms with Crippen LogP contribution >= 0.6 is 0 Å². The van der Waals surface area contributed by atoms with Gasteiger partial charge in [0.1, 0.15) is 0 Å². The normalized spacial score (nSPS) is 12.7. The lowest BCUT2D eigenvalue weighted by Gasteiger charge is -2.20. The van der Waals surface area contributed by atoms with Crippen LogP contribution in [0.1, 0.15) is 322 Å². The van der Waals surface area contributed by atoms with Crippen molar-refractivity contribution in [3.8, 4) is 0 Å². The van der Waals surface area contributed by atoms with Gasteiger partial charge in [-0.15, -0.1) is 0 Å². The van der Waals surface area contributed by atoms with Gasteiger partial charge in [0.2, 0.25) is 5.91 Å². The second kappa shape index (κ2) is 55.9. The molecule has 0 aromatic carbocycles. The summed E-state index contributed by atoms with van der Waals surface area (Å²) >= 11 is 0. The van der Waals surface area contributed by atoms with Crippen LogP contribution in [0.2, 0.25) is 0 Å². The summed E-state index contributed by atoms with van der Waals surface area (Å²) in [6.07, 6.45) is 67.8. The summed E-state index contributed by atoms with van der Waals surface area (Å²) < 4.78 is 5.46. The third-order valence-electron chi connectivity index (χ3n) is 13.7. The number of unbranched alkanes of at least 4 members (excludes halogenated alkanes) is 42. The minimum atomic E-state index is -0.842. The predicted octanol–water partition coefficient (Wildman–Crippen LogP) is 18.2. The second-order valence-electron chi connectivity index (χ2n) is 20.3. The van der Waals surface area contributed by atoms with E-state index >= 15 is 0 Å². The van der Waals surface area contributed by atoms with Crippen molar-refractivity contribution in [1.82, 2.24) is 5.32 Å². The van der Waals surface area contributed by atoms with Gasteiger partial charge >= 0.3 is 5.97 Å². The molecule has 0 fully saturated rings. The van der Waals surface area contributed by atoms with Crippen molar-refractivity contribution < 1.29 is 24.5 Å². The molecule has 6 nitrogen and oxygen atoms in total. The molecule has 3 N–H and O–H groups in total. The molecular weight excluding hydrogens is 815 g/mol. The number of carbonyl (C=O) groups is 2. The van der Waals surface area contributed by atoms with Gasteiger partial charge in [-0.05, 0) is 57.8 Å². The lowest BCUT2D eigenvalue weighted by Crippen LogP contribution is -2.45. The third-order valence-corrected chi connectivity index (χ3v) is 13.7. The van der Waals surface area contributed by atoms with Crippen LogP contribution in [0.25, 0.3) is 0 Å². The largest absolute Gasteiger partial charge is 0.466 e. The molecule has 2 unspecified atom stereocenters. The van der Waals surface area contributed by atoms with Crippen LogP contribution in [-0.4, -0.2) is 47.4 Å². The first-order chi connectivity index (χ1) is 32.5. The average molecular weight is 931 g/mol. The standard InChI is InChI=1S/C60H115NO5/c1-3-5-7-9-11-13-15-29-32-36-40-44-48-52-58(63)57(56-62)61-59(64)53-49-45-41-37-33-30-27-25-23-21-19-17-18-20-22-24-26-28-31-35-39-43-47-51-55-66-60(65)54-50-46-42-38-34-16-14-12-10-8-6-4-2/h12,14,48,52,57-58,62-63H,3-11,13,15-47,49-51,53-56H2,1-2H3,(H,61,64)/b14-12-,52-48+. The Morgan fingerprint density at radius 3 is 1.11 bits per heavy atom. The average Bonchev–Trinajstić information content (AvgIpc) is 3.32. The van der Waals surface area contributed by atoms with Crippen molar-refractivity contribution in [1.29, 1.82) is 0 Å². The molecule has 0 aliphatic heterocycles. The molecule has 0 saturated heterocycles. The lowest BCUT2D eigenvalue weighted by molar-refractivity contribution is -0.143. The molecule has 0 bridgehead atoms. The number of esters is 1. The molecule has 66 heavy (non-hydrogen) atoms. The molecule has 0 aromatic heterocycles. The lowest BCUT2D eigenvalue weighted by atomic mass is 10.0. The first kappa shape index (κ1) is 64.3. The van der Waals surface area contributed by atoms with Crippen molar-refractivity contribution >= 4 is 11.9 Å². The van der Waals surface area contributed by atoms with Crippen molar-refractivity contribution in [2.24, 2.45) is 0 Å². The van der Waals surface area contributed by atoms with E-state index in [4.69, 9.17) is 4.74 Å². The molecule has 0 radical (unpaired) electrons. The molecule has 2 atom stereocenters. The van der Waals surface area contributed by atoms with Crippen LogP contribution in [0, 0.1) is 0 Å². The van der Waals surface area contributed by atoms with Crippen LogP contribution in [0.15, 0.2) is 24.3 Å². The molecule has 1 amide bonds. The highest BCUT2D eigenvalue weighted by Gasteiger charge is 2.18. The zero-order chi connectivity index (χ0) is 47.9. The highest BCUT2D eigenvalue weighted by Crippen LogP contribution is 2.17. The Morgan fingerprint density at radius 2 is 0.712 bits per heavy atom. The Balaban J connectivity index is 3.38. The maximum atomic E-state index is 12.4. The molecule has 0 rings (SSSR count). The van der Waals surface area contributed by atoms with Gasteiger partial charge in [0.25, 0.3) is 0 Å². The fraction of sp³-hybridized carbons (Fsp3) is 0.900. The van der Waals surface area contributed by atoms with Crippen molar-refractivity contribution in [2.45, 2.75) is 334 Å². The minimum Gasteiger partial charge on any atom is -0.466 e. The number of amides is 1. The monoisotopic (exact) mass is 930 g/mol. The van der Waals surface area contributed by atoms with Gasteiger partial charge < -0.3 is 20.3 Å². The van der Waals surface area contributed by atoms with E-state index in [1.165, 1.54) is 250 Å². The predicted molar refractivity (Wildman–Crippen MR) is 287 cm³/mol. The summed E-state index contributed by atoms with van der Waals surface area (Å²) in [4.78, 5) is 24.4. The first-order valence-corrected chi connectivity index (χ1v) is 29.6. The molecule has 0 aliphatic carbocycles. The minimum absolute atomic E-state index is 0.00485. The number of aliphatic hydroxyl groups is 2.